The van der Waals surface area contributed by atoms with Crippen molar-refractivity contribution >= 4 is 57.6 Å². The third-order valence-corrected chi connectivity index (χ3v) is 6.55. The number of hydrogen-bond donors (Lipinski definition) is 2. The van der Waals surface area contributed by atoms with Crippen molar-refractivity contribution < 1.29 is 19.2 Å². The van der Waals surface area contributed by atoms with Gasteiger partial charge in [-0.3, -0.25) is 19.2 Å². The Labute approximate surface area is 186 Å². The zero-order valence-corrected chi connectivity index (χ0v) is 18.1. The minimum atomic E-state index is -0.795. The number of carbonyl (C=O) groups excluding carboxylic acids is 4. The molecule has 0 aliphatic carbocycles. The molecule has 1 aliphatic heterocycles. The van der Waals surface area contributed by atoms with Crippen LogP contribution in [-0.2, 0) is 20.9 Å². The Bertz CT molecular complexity index is 1140. The van der Waals surface area contributed by atoms with E-state index in [1.807, 2.05) is 5.38 Å². The number of anilines is 2. The summed E-state index contributed by atoms with van der Waals surface area (Å²) in [5.41, 5.74) is 1.78. The molecule has 2 N–H and O–H groups in total. The lowest BCUT2D eigenvalue weighted by molar-refractivity contribution is -0.136. The molecule has 3 aromatic rings. The van der Waals surface area contributed by atoms with Crippen LogP contribution in [0.15, 0.2) is 53.2 Å². The molecule has 1 aromatic carbocycles. The van der Waals surface area contributed by atoms with Crippen LogP contribution in [0.2, 0.25) is 0 Å². The first-order chi connectivity index (χ1) is 15.0. The quantitative estimate of drug-likeness (QED) is 0.442. The lowest BCUT2D eigenvalue weighted by Gasteiger charge is -2.16. The average Bonchev–Trinajstić information content (AvgIpc) is 3.53. The maximum Gasteiger partial charge on any atom is 0.313 e. The van der Waals surface area contributed by atoms with Crippen molar-refractivity contribution in [1.29, 1.82) is 0 Å². The van der Waals surface area contributed by atoms with E-state index in [0.717, 1.165) is 11.3 Å². The van der Waals surface area contributed by atoms with E-state index in [2.05, 4.69) is 10.6 Å². The first-order valence-electron chi connectivity index (χ1n) is 9.66. The summed E-state index contributed by atoms with van der Waals surface area (Å²) in [6.45, 7) is 0.796. The van der Waals surface area contributed by atoms with Gasteiger partial charge in [-0.1, -0.05) is 6.07 Å². The van der Waals surface area contributed by atoms with Crippen molar-refractivity contribution in [2.45, 2.75) is 19.4 Å². The van der Waals surface area contributed by atoms with Crippen LogP contribution in [0, 0.1) is 0 Å². The van der Waals surface area contributed by atoms with Gasteiger partial charge in [-0.15, -0.1) is 11.3 Å². The first kappa shape index (κ1) is 21.0. The van der Waals surface area contributed by atoms with Crippen molar-refractivity contribution in [3.63, 3.8) is 0 Å². The van der Waals surface area contributed by atoms with Crippen molar-refractivity contribution in [3.8, 4) is 0 Å². The van der Waals surface area contributed by atoms with Gasteiger partial charge in [-0.2, -0.15) is 11.3 Å². The van der Waals surface area contributed by atoms with Crippen molar-refractivity contribution in [2.24, 2.45) is 0 Å². The highest BCUT2D eigenvalue weighted by molar-refractivity contribution is 7.14. The highest BCUT2D eigenvalue weighted by Crippen LogP contribution is 2.24. The summed E-state index contributed by atoms with van der Waals surface area (Å²) in [5, 5.41) is 8.77. The summed E-state index contributed by atoms with van der Waals surface area (Å²) in [5.74, 6) is -1.58. The number of ketones is 1. The van der Waals surface area contributed by atoms with Gasteiger partial charge in [0.25, 0.3) is 0 Å². The average molecular weight is 454 g/mol. The maximum atomic E-state index is 12.4. The number of thiophene rings is 2. The Morgan fingerprint density at radius 2 is 1.94 bits per heavy atom. The summed E-state index contributed by atoms with van der Waals surface area (Å²) < 4.78 is 0. The van der Waals surface area contributed by atoms with Crippen molar-refractivity contribution in [2.75, 3.05) is 16.8 Å². The fraction of sp³-hybridized carbons (Fsp3) is 0.182. The largest absolute Gasteiger partial charge is 0.343 e. The van der Waals surface area contributed by atoms with Gasteiger partial charge < -0.3 is 15.5 Å². The van der Waals surface area contributed by atoms with Gasteiger partial charge in [0.05, 0.1) is 11.4 Å². The molecule has 1 fully saturated rings. The van der Waals surface area contributed by atoms with Crippen molar-refractivity contribution in [3.05, 3.63) is 68.5 Å². The number of rotatable bonds is 6. The zero-order valence-electron chi connectivity index (χ0n) is 16.4. The zero-order chi connectivity index (χ0) is 21.8. The van der Waals surface area contributed by atoms with Gasteiger partial charge in [0.2, 0.25) is 11.7 Å². The predicted octanol–water partition coefficient (Wildman–Crippen LogP) is 3.42. The lowest BCUT2D eigenvalue weighted by atomic mass is 10.2. The monoisotopic (exact) mass is 453 g/mol. The van der Waals surface area contributed by atoms with Crippen LogP contribution in [0.5, 0.6) is 0 Å². The molecule has 4 rings (SSSR count). The van der Waals surface area contributed by atoms with Gasteiger partial charge in [0.1, 0.15) is 0 Å². The van der Waals surface area contributed by atoms with E-state index in [4.69, 9.17) is 0 Å². The Balaban J connectivity index is 1.32. The Morgan fingerprint density at radius 3 is 2.68 bits per heavy atom. The number of nitrogens with zero attached hydrogens (tertiary/aromatic N) is 1. The first-order valence-corrected chi connectivity index (χ1v) is 11.4. The molecule has 0 atom stereocenters. The van der Waals surface area contributed by atoms with E-state index in [0.29, 0.717) is 34.8 Å². The third kappa shape index (κ3) is 4.89. The van der Waals surface area contributed by atoms with Gasteiger partial charge in [0, 0.05) is 40.2 Å². The lowest BCUT2D eigenvalue weighted by Crippen LogP contribution is -2.34. The van der Waals surface area contributed by atoms with Gasteiger partial charge in [0.15, 0.2) is 0 Å². The minimum Gasteiger partial charge on any atom is -0.343 e. The van der Waals surface area contributed by atoms with Crippen LogP contribution in [0.3, 0.4) is 0 Å². The number of nitrogens with one attached hydrogen (secondary N) is 2. The fourth-order valence-electron chi connectivity index (χ4n) is 3.24. The molecule has 3 heterocycles. The van der Waals surface area contributed by atoms with Gasteiger partial charge in [-0.25, -0.2) is 0 Å². The maximum absolute atomic E-state index is 12.4. The molecule has 0 saturated carbocycles. The SMILES string of the molecule is O=C(NCc1ccc(C(=O)c2ccsc2)s1)C(=O)Nc1cccc(N2CCCC2=O)c1. The molecule has 31 heavy (non-hydrogen) atoms. The molecule has 3 amide bonds. The summed E-state index contributed by atoms with van der Waals surface area (Å²) in [7, 11) is 0. The van der Waals surface area contributed by atoms with Crippen LogP contribution in [0.1, 0.15) is 33.0 Å². The van der Waals surface area contributed by atoms with Crippen LogP contribution in [-0.4, -0.2) is 30.0 Å². The molecule has 7 nitrogen and oxygen atoms in total. The normalized spacial score (nSPS) is 13.3. The highest BCUT2D eigenvalue weighted by atomic mass is 32.1. The van der Waals surface area contributed by atoms with Crippen LogP contribution in [0.25, 0.3) is 0 Å². The summed E-state index contributed by atoms with van der Waals surface area (Å²) in [4.78, 5) is 51.7. The Hall–Kier alpha value is -3.30. The molecular formula is C22H19N3O4S2. The van der Waals surface area contributed by atoms with Gasteiger partial charge >= 0.3 is 11.8 Å². The fourth-order valence-corrected chi connectivity index (χ4v) is 4.78. The van der Waals surface area contributed by atoms with E-state index in [1.165, 1.54) is 22.7 Å². The van der Waals surface area contributed by atoms with Crippen LogP contribution >= 0.6 is 22.7 Å². The number of hydrogen-bond acceptors (Lipinski definition) is 6. The predicted molar refractivity (Wildman–Crippen MR) is 121 cm³/mol. The standard InChI is InChI=1S/C22H19N3O4S2/c26-19-5-2-9-25(19)16-4-1-3-15(11-16)24-22(29)21(28)23-12-17-6-7-18(31-17)20(27)14-8-10-30-13-14/h1,3-4,6-8,10-11,13H,2,5,9,12H2,(H,23,28)(H,24,29). The molecule has 0 unspecified atom stereocenters. The van der Waals surface area contributed by atoms with E-state index in [-0.39, 0.29) is 18.2 Å². The van der Waals surface area contributed by atoms with E-state index < -0.39 is 11.8 Å². The van der Waals surface area contributed by atoms with E-state index >= 15 is 0 Å². The third-order valence-electron chi connectivity index (χ3n) is 4.79. The Morgan fingerprint density at radius 1 is 1.06 bits per heavy atom. The molecule has 2 aromatic heterocycles. The van der Waals surface area contributed by atoms with Gasteiger partial charge in [-0.05, 0) is 48.2 Å². The van der Waals surface area contributed by atoms with E-state index in [1.54, 1.807) is 52.7 Å². The highest BCUT2D eigenvalue weighted by Gasteiger charge is 2.22. The summed E-state index contributed by atoms with van der Waals surface area (Å²) in [6, 6.07) is 12.1. The number of benzene rings is 1. The minimum absolute atomic E-state index is 0.0500. The van der Waals surface area contributed by atoms with Crippen LogP contribution < -0.4 is 15.5 Å². The molecule has 0 bridgehead atoms. The Kier molecular flexibility index (Phi) is 6.24. The molecule has 9 heteroatoms. The smallest absolute Gasteiger partial charge is 0.313 e. The molecule has 1 saturated heterocycles. The number of amides is 3. The second-order valence-corrected chi connectivity index (χ2v) is 8.89. The second-order valence-electron chi connectivity index (χ2n) is 6.94. The van der Waals surface area contributed by atoms with Crippen molar-refractivity contribution in [1.82, 2.24) is 5.32 Å². The molecule has 0 radical (unpaired) electrons. The van der Waals surface area contributed by atoms with E-state index in [9.17, 15) is 19.2 Å². The summed E-state index contributed by atoms with van der Waals surface area (Å²) >= 11 is 2.74. The molecule has 0 spiro atoms. The molecule has 1 aliphatic rings. The molecule has 158 valence electrons. The topological polar surface area (TPSA) is 95.6 Å². The second kappa shape index (κ2) is 9.23. The summed E-state index contributed by atoms with van der Waals surface area (Å²) in [6.07, 6.45) is 1.32. The number of carbonyl (C=O) groups is 4. The molecular weight excluding hydrogens is 434 g/mol. The van der Waals surface area contributed by atoms with Crippen LogP contribution in [0.4, 0.5) is 11.4 Å².